The SMILES string of the molecule is O=Cc1cnn2c(NC3CC3)cc(-c3ccnc(F)c3)nc12. The van der Waals surface area contributed by atoms with Crippen molar-refractivity contribution in [3.05, 3.63) is 42.1 Å². The maximum atomic E-state index is 13.3. The molecule has 0 bridgehead atoms. The first kappa shape index (κ1) is 12.9. The van der Waals surface area contributed by atoms with E-state index in [2.05, 4.69) is 20.4 Å². The van der Waals surface area contributed by atoms with Crippen molar-refractivity contribution in [1.82, 2.24) is 19.6 Å². The van der Waals surface area contributed by atoms with Gasteiger partial charge in [-0.2, -0.15) is 14.0 Å². The molecule has 3 aromatic rings. The third-order valence-electron chi connectivity index (χ3n) is 3.58. The van der Waals surface area contributed by atoms with E-state index in [1.807, 2.05) is 6.07 Å². The van der Waals surface area contributed by atoms with E-state index in [1.54, 1.807) is 10.6 Å². The third-order valence-corrected chi connectivity index (χ3v) is 3.58. The first-order valence-corrected chi connectivity index (χ1v) is 6.97. The molecule has 6 nitrogen and oxygen atoms in total. The Bertz CT molecular complexity index is 871. The second-order valence-electron chi connectivity index (χ2n) is 5.27. The van der Waals surface area contributed by atoms with Gasteiger partial charge in [-0.25, -0.2) is 9.97 Å². The number of aldehydes is 1. The molecule has 0 aromatic carbocycles. The number of nitrogens with zero attached hydrogens (tertiary/aromatic N) is 4. The second kappa shape index (κ2) is 4.87. The topological polar surface area (TPSA) is 72.2 Å². The molecule has 0 atom stereocenters. The van der Waals surface area contributed by atoms with Gasteiger partial charge in [0.1, 0.15) is 5.82 Å². The number of carbonyl (C=O) groups excluding carboxylic acids is 1. The van der Waals surface area contributed by atoms with E-state index < -0.39 is 5.95 Å². The van der Waals surface area contributed by atoms with Crippen LogP contribution in [0.4, 0.5) is 10.2 Å². The molecular weight excluding hydrogens is 285 g/mol. The van der Waals surface area contributed by atoms with Crippen LogP contribution in [-0.4, -0.2) is 31.9 Å². The number of hydrogen-bond acceptors (Lipinski definition) is 5. The summed E-state index contributed by atoms with van der Waals surface area (Å²) < 4.78 is 14.9. The van der Waals surface area contributed by atoms with E-state index in [-0.39, 0.29) is 0 Å². The van der Waals surface area contributed by atoms with Gasteiger partial charge in [-0.1, -0.05) is 0 Å². The van der Waals surface area contributed by atoms with Gasteiger partial charge in [0.2, 0.25) is 5.95 Å². The van der Waals surface area contributed by atoms with Crippen molar-refractivity contribution in [3.8, 4) is 11.3 Å². The van der Waals surface area contributed by atoms with Crippen molar-refractivity contribution >= 4 is 17.8 Å². The number of hydrogen-bond donors (Lipinski definition) is 1. The molecule has 0 spiro atoms. The summed E-state index contributed by atoms with van der Waals surface area (Å²) in [6, 6.07) is 5.22. The van der Waals surface area contributed by atoms with Gasteiger partial charge in [-0.15, -0.1) is 0 Å². The molecule has 3 aromatic heterocycles. The van der Waals surface area contributed by atoms with E-state index in [1.165, 1.54) is 18.5 Å². The number of halogens is 1. The minimum Gasteiger partial charge on any atom is -0.367 e. The summed E-state index contributed by atoms with van der Waals surface area (Å²) in [7, 11) is 0. The Labute approximate surface area is 125 Å². The molecule has 110 valence electrons. The first-order valence-electron chi connectivity index (χ1n) is 6.97. The lowest BCUT2D eigenvalue weighted by atomic mass is 10.2. The summed E-state index contributed by atoms with van der Waals surface area (Å²) in [6.07, 6.45) is 5.79. The molecule has 1 N–H and O–H groups in total. The summed E-state index contributed by atoms with van der Waals surface area (Å²) in [5.41, 5.74) is 2.02. The van der Waals surface area contributed by atoms with Crippen LogP contribution in [0.25, 0.3) is 16.9 Å². The van der Waals surface area contributed by atoms with E-state index in [0.717, 1.165) is 18.7 Å². The van der Waals surface area contributed by atoms with Gasteiger partial charge >= 0.3 is 0 Å². The number of aromatic nitrogens is 4. The number of fused-ring (bicyclic) bond motifs is 1. The van der Waals surface area contributed by atoms with Gasteiger partial charge in [0.05, 0.1) is 17.5 Å². The molecule has 3 heterocycles. The van der Waals surface area contributed by atoms with Crippen LogP contribution in [0.3, 0.4) is 0 Å². The Morgan fingerprint density at radius 2 is 2.23 bits per heavy atom. The van der Waals surface area contributed by atoms with Gasteiger partial charge < -0.3 is 5.32 Å². The molecule has 0 radical (unpaired) electrons. The van der Waals surface area contributed by atoms with E-state index >= 15 is 0 Å². The lowest BCUT2D eigenvalue weighted by molar-refractivity contribution is 0.112. The molecule has 0 saturated heterocycles. The largest absolute Gasteiger partial charge is 0.367 e. The van der Waals surface area contributed by atoms with Gasteiger partial charge in [0, 0.05) is 29.9 Å². The van der Waals surface area contributed by atoms with Crippen LogP contribution < -0.4 is 5.32 Å². The Morgan fingerprint density at radius 1 is 1.36 bits per heavy atom. The van der Waals surface area contributed by atoms with Crippen LogP contribution in [0.15, 0.2) is 30.6 Å². The first-order chi connectivity index (χ1) is 10.7. The summed E-state index contributed by atoms with van der Waals surface area (Å²) in [6.45, 7) is 0. The predicted molar refractivity (Wildman–Crippen MR) is 78.2 cm³/mol. The molecule has 22 heavy (non-hydrogen) atoms. The highest BCUT2D eigenvalue weighted by atomic mass is 19.1. The highest BCUT2D eigenvalue weighted by Crippen LogP contribution is 2.28. The van der Waals surface area contributed by atoms with Gasteiger partial charge in [-0.05, 0) is 18.9 Å². The average Bonchev–Trinajstić information content (AvgIpc) is 3.24. The monoisotopic (exact) mass is 297 g/mol. The Balaban J connectivity index is 1.92. The molecule has 0 amide bonds. The molecule has 1 aliphatic carbocycles. The van der Waals surface area contributed by atoms with Crippen molar-refractivity contribution in [2.45, 2.75) is 18.9 Å². The molecule has 0 unspecified atom stereocenters. The Kier molecular flexibility index (Phi) is 2.85. The maximum absolute atomic E-state index is 13.3. The highest BCUT2D eigenvalue weighted by molar-refractivity contribution is 5.85. The smallest absolute Gasteiger partial charge is 0.213 e. The van der Waals surface area contributed by atoms with Crippen LogP contribution in [0, 0.1) is 5.95 Å². The zero-order chi connectivity index (χ0) is 15.1. The molecule has 1 saturated carbocycles. The molecule has 7 heteroatoms. The fraction of sp³-hybridized carbons (Fsp3) is 0.200. The van der Waals surface area contributed by atoms with Gasteiger partial charge in [0.25, 0.3) is 0 Å². The van der Waals surface area contributed by atoms with Crippen molar-refractivity contribution in [2.75, 3.05) is 5.32 Å². The summed E-state index contributed by atoms with van der Waals surface area (Å²) in [4.78, 5) is 19.1. The quantitative estimate of drug-likeness (QED) is 0.591. The van der Waals surface area contributed by atoms with Gasteiger partial charge in [0.15, 0.2) is 11.9 Å². The molecule has 1 fully saturated rings. The van der Waals surface area contributed by atoms with Crippen LogP contribution in [0.5, 0.6) is 0 Å². The van der Waals surface area contributed by atoms with E-state index in [4.69, 9.17) is 0 Å². The van der Waals surface area contributed by atoms with Crippen LogP contribution in [0.2, 0.25) is 0 Å². The number of carbonyl (C=O) groups is 1. The van der Waals surface area contributed by atoms with Crippen LogP contribution >= 0.6 is 0 Å². The molecule has 0 aliphatic heterocycles. The van der Waals surface area contributed by atoms with Crippen LogP contribution in [0.1, 0.15) is 23.2 Å². The molecule has 1 aliphatic rings. The zero-order valence-corrected chi connectivity index (χ0v) is 11.5. The van der Waals surface area contributed by atoms with Crippen LogP contribution in [-0.2, 0) is 0 Å². The second-order valence-corrected chi connectivity index (χ2v) is 5.27. The normalized spacial score (nSPS) is 14.2. The minimum absolute atomic E-state index is 0.398. The number of anilines is 1. The average molecular weight is 297 g/mol. The third kappa shape index (κ3) is 2.20. The van der Waals surface area contributed by atoms with Crippen molar-refractivity contribution in [1.29, 1.82) is 0 Å². The fourth-order valence-corrected chi connectivity index (χ4v) is 2.31. The summed E-state index contributed by atoms with van der Waals surface area (Å²) in [5, 5.41) is 7.55. The number of rotatable bonds is 4. The van der Waals surface area contributed by atoms with Crippen molar-refractivity contribution in [2.24, 2.45) is 0 Å². The highest BCUT2D eigenvalue weighted by Gasteiger charge is 2.23. The minimum atomic E-state index is -0.569. The maximum Gasteiger partial charge on any atom is 0.213 e. The Hall–Kier alpha value is -2.83. The predicted octanol–water partition coefficient (Wildman–Crippen LogP) is 2.32. The fourth-order valence-electron chi connectivity index (χ4n) is 2.31. The Morgan fingerprint density at radius 3 is 2.95 bits per heavy atom. The van der Waals surface area contributed by atoms with E-state index in [9.17, 15) is 9.18 Å². The number of nitrogens with one attached hydrogen (secondary N) is 1. The number of pyridine rings is 1. The lowest BCUT2D eigenvalue weighted by Crippen LogP contribution is -2.08. The summed E-state index contributed by atoms with van der Waals surface area (Å²) in [5.74, 6) is 0.174. The summed E-state index contributed by atoms with van der Waals surface area (Å²) >= 11 is 0. The molecule has 4 rings (SSSR count). The standard InChI is InChI=1S/C15H12FN5O/c16-13-5-9(3-4-17-13)12-6-14(19-11-1-2-11)21-15(20-12)10(8-22)7-18-21/h3-8,11,19H,1-2H2. The van der Waals surface area contributed by atoms with E-state index in [0.29, 0.717) is 34.8 Å². The van der Waals surface area contributed by atoms with Crippen molar-refractivity contribution < 1.29 is 9.18 Å². The zero-order valence-electron chi connectivity index (χ0n) is 11.5. The lowest BCUT2D eigenvalue weighted by Gasteiger charge is -2.10. The van der Waals surface area contributed by atoms with Gasteiger partial charge in [-0.3, -0.25) is 4.79 Å². The molecular formula is C15H12FN5O. The van der Waals surface area contributed by atoms with Crippen molar-refractivity contribution in [3.63, 3.8) is 0 Å².